The summed E-state index contributed by atoms with van der Waals surface area (Å²) in [4.78, 5) is 26.6. The molecule has 0 aliphatic carbocycles. The van der Waals surface area contributed by atoms with Crippen LogP contribution < -0.4 is 0 Å². The third-order valence-electron chi connectivity index (χ3n) is 4.56. The summed E-state index contributed by atoms with van der Waals surface area (Å²) in [6, 6.07) is 15.3. The third kappa shape index (κ3) is 6.00. The maximum Gasteiger partial charge on any atom is 0.377 e. The molecule has 0 atom stereocenters. The van der Waals surface area contributed by atoms with Crippen LogP contribution in [0.1, 0.15) is 31.4 Å². The maximum absolute atomic E-state index is 13.0. The Balaban J connectivity index is 1.74. The topological polar surface area (TPSA) is 55.8 Å². The zero-order valence-electron chi connectivity index (χ0n) is 16.9. The number of halogens is 2. The summed E-state index contributed by atoms with van der Waals surface area (Å²) in [5.74, 6) is -2.15. The fourth-order valence-corrected chi connectivity index (χ4v) is 3.46. The molecule has 0 radical (unpaired) electrons. The van der Waals surface area contributed by atoms with Crippen molar-refractivity contribution in [3.05, 3.63) is 81.5 Å². The summed E-state index contributed by atoms with van der Waals surface area (Å²) < 4.78 is 10.5. The Kier molecular flexibility index (Phi) is 7.06. The molecule has 1 fully saturated rings. The Morgan fingerprint density at radius 1 is 1.03 bits per heavy atom. The second-order valence-corrected chi connectivity index (χ2v) is 8.31. The average molecular weight is 448 g/mol. The third-order valence-corrected chi connectivity index (χ3v) is 5.29. The largest absolute Gasteiger partial charge is 0.445 e. The molecule has 5 nitrogen and oxygen atoms in total. The van der Waals surface area contributed by atoms with Gasteiger partial charge >= 0.3 is 5.97 Å². The van der Waals surface area contributed by atoms with Crippen molar-refractivity contribution in [2.24, 2.45) is 0 Å². The minimum absolute atomic E-state index is 0.0906. The summed E-state index contributed by atoms with van der Waals surface area (Å²) in [5.41, 5.74) is 2.04. The molecular formula is C23H23Cl2NO4. The van der Waals surface area contributed by atoms with Crippen molar-refractivity contribution >= 4 is 35.1 Å². The van der Waals surface area contributed by atoms with Crippen molar-refractivity contribution in [3.8, 4) is 0 Å². The molecule has 1 aliphatic rings. The molecule has 0 N–H and O–H groups in total. The molecule has 1 amide bonds. The number of ether oxygens (including phenoxy) is 2. The van der Waals surface area contributed by atoms with Crippen LogP contribution in [0.5, 0.6) is 0 Å². The van der Waals surface area contributed by atoms with E-state index >= 15 is 0 Å². The van der Waals surface area contributed by atoms with Gasteiger partial charge in [0, 0.05) is 26.9 Å². The molecule has 1 saturated heterocycles. The second-order valence-electron chi connectivity index (χ2n) is 7.50. The predicted molar refractivity (Wildman–Crippen MR) is 116 cm³/mol. The molecular weight excluding hydrogens is 425 g/mol. The van der Waals surface area contributed by atoms with E-state index in [1.54, 1.807) is 30.9 Å². The zero-order valence-corrected chi connectivity index (χ0v) is 18.4. The van der Waals surface area contributed by atoms with Gasteiger partial charge in [0.05, 0.1) is 16.1 Å². The lowest BCUT2D eigenvalue weighted by Gasteiger charge is -2.22. The van der Waals surface area contributed by atoms with E-state index in [0.29, 0.717) is 23.1 Å². The molecule has 0 spiro atoms. The lowest BCUT2D eigenvalue weighted by molar-refractivity contribution is -0.159. The summed E-state index contributed by atoms with van der Waals surface area (Å²) >= 11 is 12.1. The highest BCUT2D eigenvalue weighted by molar-refractivity contribution is 6.42. The van der Waals surface area contributed by atoms with Crippen molar-refractivity contribution in [1.82, 2.24) is 4.90 Å². The first-order valence-corrected chi connectivity index (χ1v) is 10.4. The van der Waals surface area contributed by atoms with E-state index in [0.717, 1.165) is 18.4 Å². The van der Waals surface area contributed by atoms with Crippen molar-refractivity contribution < 1.29 is 19.1 Å². The number of carbonyl (C=O) groups excluding carboxylic acids is 2. The highest BCUT2D eigenvalue weighted by Gasteiger charge is 2.38. The van der Waals surface area contributed by atoms with Crippen molar-refractivity contribution in [2.75, 3.05) is 6.54 Å². The lowest BCUT2D eigenvalue weighted by atomic mass is 10.1. The Labute approximate surface area is 186 Å². The van der Waals surface area contributed by atoms with E-state index in [9.17, 15) is 9.59 Å². The normalized spacial score (nSPS) is 16.3. The molecule has 2 aromatic carbocycles. The van der Waals surface area contributed by atoms with Gasteiger partial charge in [-0.1, -0.05) is 59.6 Å². The average Bonchev–Trinajstić information content (AvgIpc) is 2.95. The second kappa shape index (κ2) is 9.54. The van der Waals surface area contributed by atoms with Crippen LogP contribution in [0.4, 0.5) is 0 Å². The molecule has 1 heterocycles. The zero-order chi connectivity index (χ0) is 21.7. The number of cyclic esters (lactones) is 1. The van der Waals surface area contributed by atoms with Gasteiger partial charge < -0.3 is 14.4 Å². The summed E-state index contributed by atoms with van der Waals surface area (Å²) in [5, 5.41) is 0.877. The van der Waals surface area contributed by atoms with Gasteiger partial charge in [0.25, 0.3) is 5.91 Å². The van der Waals surface area contributed by atoms with Gasteiger partial charge in [0.2, 0.25) is 11.5 Å². The van der Waals surface area contributed by atoms with Crippen LogP contribution in [0.3, 0.4) is 0 Å². The smallest absolute Gasteiger partial charge is 0.377 e. The van der Waals surface area contributed by atoms with E-state index < -0.39 is 11.8 Å². The van der Waals surface area contributed by atoms with E-state index in [2.05, 4.69) is 12.1 Å². The summed E-state index contributed by atoms with van der Waals surface area (Å²) in [6.07, 6.45) is 2.78. The van der Waals surface area contributed by atoms with Gasteiger partial charge in [0.15, 0.2) is 0 Å². The van der Waals surface area contributed by atoms with Gasteiger partial charge in [-0.15, -0.1) is 0 Å². The number of aryl methyl sites for hydroxylation is 1. The van der Waals surface area contributed by atoms with Gasteiger partial charge in [0.1, 0.15) is 0 Å². The van der Waals surface area contributed by atoms with E-state index in [1.807, 2.05) is 24.3 Å². The number of rotatable bonds is 7. The minimum atomic E-state index is -1.08. The highest BCUT2D eigenvalue weighted by Crippen LogP contribution is 2.27. The fraction of sp³-hybridized carbons (Fsp3) is 0.304. The molecule has 0 aromatic heterocycles. The number of hydrogen-bond acceptors (Lipinski definition) is 4. The molecule has 158 valence electrons. The quantitative estimate of drug-likeness (QED) is 0.435. The molecule has 0 bridgehead atoms. The molecule has 3 rings (SSSR count). The first-order valence-electron chi connectivity index (χ1n) is 9.64. The highest BCUT2D eigenvalue weighted by atomic mass is 35.5. The molecule has 1 aliphatic heterocycles. The number of nitrogens with zero attached hydrogens (tertiary/aromatic N) is 1. The standard InChI is InChI=1S/C23H23Cl2NO4/c1-23(2)29-20(22(28)30-23)14-21(27)26(12-6-9-16-7-4-3-5-8-16)15-17-10-11-18(24)19(25)13-17/h3-5,7-8,10-11,13-14H,6,9,12,15H2,1-2H3/b20-14+. The first kappa shape index (κ1) is 22.2. The molecule has 30 heavy (non-hydrogen) atoms. The monoisotopic (exact) mass is 447 g/mol. The van der Waals surface area contributed by atoms with E-state index in [4.69, 9.17) is 32.7 Å². The lowest BCUT2D eigenvalue weighted by Crippen LogP contribution is -2.31. The fourth-order valence-electron chi connectivity index (χ4n) is 3.14. The van der Waals surface area contributed by atoms with Gasteiger partial charge in [-0.2, -0.15) is 0 Å². The van der Waals surface area contributed by atoms with Crippen molar-refractivity contribution in [2.45, 2.75) is 39.0 Å². The molecule has 0 unspecified atom stereocenters. The summed E-state index contributed by atoms with van der Waals surface area (Å²) in [6.45, 7) is 4.05. The van der Waals surface area contributed by atoms with Gasteiger partial charge in [-0.3, -0.25) is 4.79 Å². The Morgan fingerprint density at radius 2 is 1.77 bits per heavy atom. The van der Waals surface area contributed by atoms with Crippen LogP contribution in [-0.2, 0) is 32.0 Å². The Morgan fingerprint density at radius 3 is 2.40 bits per heavy atom. The predicted octanol–water partition coefficient (Wildman–Crippen LogP) is 5.15. The number of hydrogen-bond donors (Lipinski definition) is 0. The van der Waals surface area contributed by atoms with Crippen LogP contribution in [0, 0.1) is 0 Å². The Bertz CT molecular complexity index is 957. The maximum atomic E-state index is 13.0. The van der Waals surface area contributed by atoms with Crippen LogP contribution in [0.25, 0.3) is 0 Å². The van der Waals surface area contributed by atoms with E-state index in [1.165, 1.54) is 11.6 Å². The number of carbonyl (C=O) groups is 2. The van der Waals surface area contributed by atoms with Crippen LogP contribution in [0.15, 0.2) is 60.4 Å². The number of amides is 1. The van der Waals surface area contributed by atoms with Crippen molar-refractivity contribution in [3.63, 3.8) is 0 Å². The van der Waals surface area contributed by atoms with Crippen molar-refractivity contribution in [1.29, 1.82) is 0 Å². The number of esters is 1. The Hall–Kier alpha value is -2.50. The van der Waals surface area contributed by atoms with Gasteiger partial charge in [-0.05, 0) is 36.1 Å². The SMILES string of the molecule is CC1(C)OC(=O)/C(=C\C(=O)N(CCCc2ccccc2)Cc2ccc(Cl)c(Cl)c2)O1. The van der Waals surface area contributed by atoms with E-state index in [-0.39, 0.29) is 11.7 Å². The molecule has 2 aromatic rings. The molecule has 0 saturated carbocycles. The number of benzene rings is 2. The summed E-state index contributed by atoms with van der Waals surface area (Å²) in [7, 11) is 0. The van der Waals surface area contributed by atoms with Crippen LogP contribution in [-0.4, -0.2) is 29.1 Å². The first-order chi connectivity index (χ1) is 14.2. The molecule has 7 heteroatoms. The van der Waals surface area contributed by atoms with Gasteiger partial charge in [-0.25, -0.2) is 4.79 Å². The van der Waals surface area contributed by atoms with Crippen LogP contribution in [0.2, 0.25) is 10.0 Å². The minimum Gasteiger partial charge on any atom is -0.445 e. The van der Waals surface area contributed by atoms with Crippen LogP contribution >= 0.6 is 23.2 Å².